The summed E-state index contributed by atoms with van der Waals surface area (Å²) in [5.74, 6) is 0. The number of aliphatic imine (C=N–C) groups is 1. The molecule has 7 nitrogen and oxygen atoms in total. The highest BCUT2D eigenvalue weighted by Gasteiger charge is 2.00. The third-order valence-electron chi connectivity index (χ3n) is 0.665. The van der Waals surface area contributed by atoms with Crippen molar-refractivity contribution < 1.29 is 22.3 Å². The third-order valence-corrected chi connectivity index (χ3v) is 0.665. The zero-order valence-electron chi connectivity index (χ0n) is 5.82. The summed E-state index contributed by atoms with van der Waals surface area (Å²) in [6.07, 6.45) is 4.65. The van der Waals surface area contributed by atoms with E-state index in [4.69, 9.17) is 17.5 Å². The molecule has 0 fully saturated rings. The summed E-state index contributed by atoms with van der Waals surface area (Å²) in [6, 6.07) is 0. The highest BCUT2D eigenvalue weighted by atomic mass is 32.3. The molecule has 0 amide bonds. The number of rotatable bonds is 0. The van der Waals surface area contributed by atoms with Crippen LogP contribution in [0.5, 0.6) is 0 Å². The summed E-state index contributed by atoms with van der Waals surface area (Å²) in [6.45, 7) is 0.247. The Kier molecular flexibility index (Phi) is 4.26. The number of hydrogen-bond donors (Lipinski definition) is 1. The van der Waals surface area contributed by atoms with Crippen LogP contribution in [0.25, 0.3) is 0 Å². The van der Waals surface area contributed by atoms with Crippen LogP contribution in [0.2, 0.25) is 0 Å². The number of nitrogens with zero attached hydrogens (tertiary/aromatic N) is 2. The van der Waals surface area contributed by atoms with Gasteiger partial charge in [0.1, 0.15) is 0 Å². The van der Waals surface area contributed by atoms with Gasteiger partial charge in [0, 0.05) is 17.2 Å². The highest BCUT2D eigenvalue weighted by molar-refractivity contribution is 7.79. The van der Waals surface area contributed by atoms with Gasteiger partial charge in [-0.05, 0) is 0 Å². The molecule has 0 spiro atoms. The summed E-state index contributed by atoms with van der Waals surface area (Å²) in [5, 5.41) is 0. The molecule has 0 saturated heterocycles. The summed E-state index contributed by atoms with van der Waals surface area (Å²) in [5.41, 5.74) is 0. The van der Waals surface area contributed by atoms with Crippen LogP contribution in [0, 0.1) is 4.91 Å². The van der Waals surface area contributed by atoms with Crippen molar-refractivity contribution in [2.45, 2.75) is 0 Å². The van der Waals surface area contributed by atoms with E-state index in [1.165, 1.54) is 6.20 Å². The lowest BCUT2D eigenvalue weighted by atomic mass is 10.6. The summed E-state index contributed by atoms with van der Waals surface area (Å²) < 4.78 is 33.6. The van der Waals surface area contributed by atoms with Gasteiger partial charge < -0.3 is 4.55 Å². The Morgan fingerprint density at radius 3 is 2.25 bits per heavy atom. The Bertz CT molecular complexity index is 295. The Labute approximate surface area is 68.6 Å². The van der Waals surface area contributed by atoms with Crippen LogP contribution in [0.4, 0.5) is 0 Å². The standard InChI is InChI=1S/C4H5N2O.H2O4S/c7-6-3-1-2-5-4-6;1-5(2,3)4/h1-3H,4H2;(H2,1,2,3,4)/q+1;/p-1. The van der Waals surface area contributed by atoms with E-state index in [1.54, 1.807) is 12.3 Å². The molecule has 68 valence electrons. The lowest BCUT2D eigenvalue weighted by Gasteiger charge is -1.88. The van der Waals surface area contributed by atoms with Gasteiger partial charge >= 0.3 is 0 Å². The molecule has 1 heterocycles. The second kappa shape index (κ2) is 4.70. The van der Waals surface area contributed by atoms with Gasteiger partial charge in [-0.25, -0.2) is 13.4 Å². The summed E-state index contributed by atoms with van der Waals surface area (Å²) in [4.78, 5) is 13.8. The van der Waals surface area contributed by atoms with E-state index < -0.39 is 10.4 Å². The van der Waals surface area contributed by atoms with Crippen LogP contribution < -0.4 is 0 Å². The molecule has 0 aromatic carbocycles. The number of allylic oxidation sites excluding steroid dienone is 1. The van der Waals surface area contributed by atoms with Gasteiger partial charge in [0.25, 0.3) is 6.67 Å². The number of nitroso groups, excluding NO2 is 1. The molecule has 1 N–H and O–H groups in total. The van der Waals surface area contributed by atoms with Crippen molar-refractivity contribution in [3.05, 3.63) is 17.2 Å². The minimum Gasteiger partial charge on any atom is -0.726 e. The van der Waals surface area contributed by atoms with E-state index in [0.29, 0.717) is 0 Å². The molecule has 12 heavy (non-hydrogen) atoms. The van der Waals surface area contributed by atoms with Gasteiger partial charge in [-0.15, -0.1) is 0 Å². The molecule has 0 aromatic rings. The molecule has 1 aliphatic heterocycles. The Balaban J connectivity index is 0.000000217. The maximum absolute atomic E-state index is 10.2. The average Bonchev–Trinajstić information content (AvgIpc) is 1.85. The van der Waals surface area contributed by atoms with Gasteiger partial charge in [-0.1, -0.05) is 0 Å². The smallest absolute Gasteiger partial charge is 0.289 e. The lowest BCUT2D eigenvalue weighted by molar-refractivity contribution is -0.478. The Hall–Kier alpha value is -1.12. The van der Waals surface area contributed by atoms with Crippen molar-refractivity contribution in [1.29, 1.82) is 0 Å². The maximum atomic E-state index is 10.2. The van der Waals surface area contributed by atoms with E-state index >= 15 is 0 Å². The maximum Gasteiger partial charge on any atom is 0.289 e. The largest absolute Gasteiger partial charge is 0.726 e. The lowest BCUT2D eigenvalue weighted by Crippen LogP contribution is -2.01. The average molecular weight is 194 g/mol. The zero-order valence-corrected chi connectivity index (χ0v) is 6.64. The van der Waals surface area contributed by atoms with E-state index in [9.17, 15) is 4.91 Å². The van der Waals surface area contributed by atoms with Gasteiger partial charge in [0.05, 0.1) is 4.76 Å². The Morgan fingerprint density at radius 2 is 2.08 bits per heavy atom. The second-order valence-electron chi connectivity index (χ2n) is 1.66. The minimum absolute atomic E-state index is 0.247. The van der Waals surface area contributed by atoms with Crippen molar-refractivity contribution in [3.63, 3.8) is 0 Å². The minimum atomic E-state index is -4.92. The first-order valence-corrected chi connectivity index (χ1v) is 4.05. The molecule has 0 aromatic heterocycles. The zero-order chi connectivity index (χ0) is 9.61. The molecule has 0 saturated carbocycles. The first kappa shape index (κ1) is 10.9. The molecule has 1 aliphatic rings. The SMILES string of the molecule is O=S(=O)([O-])O.O=[N+]1C=CC=NC1. The predicted octanol–water partition coefficient (Wildman–Crippen LogP) is -0.674. The van der Waals surface area contributed by atoms with Crippen molar-refractivity contribution in [3.8, 4) is 0 Å². The van der Waals surface area contributed by atoms with E-state index in [1.807, 2.05) is 0 Å². The molecule has 8 heteroatoms. The molecule has 0 aliphatic carbocycles. The van der Waals surface area contributed by atoms with Crippen LogP contribution in [-0.4, -0.2) is 35.2 Å². The fourth-order valence-corrected chi connectivity index (χ4v) is 0.370. The van der Waals surface area contributed by atoms with Crippen LogP contribution >= 0.6 is 0 Å². The fourth-order valence-electron chi connectivity index (χ4n) is 0.370. The van der Waals surface area contributed by atoms with E-state index in [2.05, 4.69) is 4.99 Å². The van der Waals surface area contributed by atoms with Crippen molar-refractivity contribution >= 4 is 16.6 Å². The highest BCUT2D eigenvalue weighted by Crippen LogP contribution is 1.82. The quantitative estimate of drug-likeness (QED) is 0.312. The van der Waals surface area contributed by atoms with Gasteiger partial charge in [0.15, 0.2) is 0 Å². The second-order valence-corrected chi connectivity index (χ2v) is 2.51. The van der Waals surface area contributed by atoms with E-state index in [0.717, 1.165) is 4.76 Å². The molecule has 0 bridgehead atoms. The van der Waals surface area contributed by atoms with Gasteiger partial charge in [-0.2, -0.15) is 0 Å². The van der Waals surface area contributed by atoms with Crippen LogP contribution in [-0.2, 0) is 10.4 Å². The molecular formula is C4H6N2O5S. The van der Waals surface area contributed by atoms with Crippen LogP contribution in [0.15, 0.2) is 17.3 Å². The van der Waals surface area contributed by atoms with Gasteiger partial charge in [-0.3, -0.25) is 4.55 Å². The first-order chi connectivity index (χ1) is 5.39. The molecule has 0 atom stereocenters. The van der Waals surface area contributed by atoms with Crippen LogP contribution in [0.1, 0.15) is 0 Å². The van der Waals surface area contributed by atoms with Gasteiger partial charge in [0.2, 0.25) is 16.6 Å². The monoisotopic (exact) mass is 194 g/mol. The summed E-state index contributed by atoms with van der Waals surface area (Å²) in [7, 11) is -4.92. The van der Waals surface area contributed by atoms with Crippen molar-refractivity contribution in [1.82, 2.24) is 0 Å². The normalized spacial score (nSPS) is 15.3. The van der Waals surface area contributed by atoms with E-state index in [-0.39, 0.29) is 6.67 Å². The molecule has 0 unspecified atom stereocenters. The Morgan fingerprint density at radius 1 is 1.58 bits per heavy atom. The van der Waals surface area contributed by atoms with Crippen molar-refractivity contribution in [2.24, 2.45) is 4.99 Å². The fraction of sp³-hybridized carbons (Fsp3) is 0.250. The first-order valence-electron chi connectivity index (χ1n) is 2.68. The number of hydrogen-bond acceptors (Lipinski definition) is 5. The molecule has 0 radical (unpaired) electrons. The predicted molar refractivity (Wildman–Crippen MR) is 38.5 cm³/mol. The van der Waals surface area contributed by atoms with Crippen molar-refractivity contribution in [2.75, 3.05) is 6.67 Å². The molecular weight excluding hydrogens is 188 g/mol. The third kappa shape index (κ3) is 11.6. The van der Waals surface area contributed by atoms with Crippen LogP contribution in [0.3, 0.4) is 0 Å². The molecule has 1 rings (SSSR count). The topological polar surface area (TPSA) is 110 Å². The summed E-state index contributed by atoms with van der Waals surface area (Å²) >= 11 is 0.